The lowest BCUT2D eigenvalue weighted by Crippen LogP contribution is -2.49. The number of fused-ring (bicyclic) bond motifs is 1. The normalized spacial score (nSPS) is 16.6. The van der Waals surface area contributed by atoms with Gasteiger partial charge < -0.3 is 33.2 Å². The van der Waals surface area contributed by atoms with Crippen LogP contribution in [0.2, 0.25) is 18.1 Å². The van der Waals surface area contributed by atoms with Crippen molar-refractivity contribution >= 4 is 8.32 Å². The summed E-state index contributed by atoms with van der Waals surface area (Å²) in [5.74, 6) is 2.67. The van der Waals surface area contributed by atoms with Crippen molar-refractivity contribution in [3.8, 4) is 28.7 Å². The molecule has 0 saturated carbocycles. The van der Waals surface area contributed by atoms with Crippen molar-refractivity contribution in [2.45, 2.75) is 83.6 Å². The molecule has 0 spiro atoms. The number of aliphatic hydroxyl groups is 1. The Morgan fingerprint density at radius 3 is 1.49 bits per heavy atom. The van der Waals surface area contributed by atoms with Gasteiger partial charge >= 0.3 is 0 Å². The second-order valence-corrected chi connectivity index (χ2v) is 20.7. The highest BCUT2D eigenvalue weighted by atomic mass is 28.4. The van der Waals surface area contributed by atoms with Gasteiger partial charge in [0.15, 0.2) is 25.9 Å². The highest BCUT2D eigenvalue weighted by molar-refractivity contribution is 6.74. The third-order valence-electron chi connectivity index (χ3n) is 10.7. The standard InChI is InChI=1S/C49H52O7Si/c1-49(2,3)57(4,5)56-48-46(50)45-43(54-34-38-24-16-9-17-25-38)29-40(51-31-35-18-10-6-11-19-35)30-44(45)55-47(48)39-26-27-41(52-32-36-20-12-7-13-21-36)42(28-39)53-33-37-22-14-8-15-23-37/h6-30,46-48,50H,31-34H2,1-5H3. The van der Waals surface area contributed by atoms with Gasteiger partial charge in [-0.3, -0.25) is 0 Å². The zero-order valence-electron chi connectivity index (χ0n) is 33.4. The smallest absolute Gasteiger partial charge is 0.192 e. The van der Waals surface area contributed by atoms with Crippen LogP contribution >= 0.6 is 0 Å². The van der Waals surface area contributed by atoms with E-state index in [-0.39, 0.29) is 5.04 Å². The van der Waals surface area contributed by atoms with E-state index in [0.29, 0.717) is 60.7 Å². The minimum Gasteiger partial charge on any atom is -0.489 e. The molecule has 0 aromatic heterocycles. The Hall–Kier alpha value is -5.54. The van der Waals surface area contributed by atoms with Crippen molar-refractivity contribution < 1.29 is 33.2 Å². The highest BCUT2D eigenvalue weighted by Crippen LogP contribution is 2.51. The van der Waals surface area contributed by atoms with Crippen molar-refractivity contribution in [1.29, 1.82) is 0 Å². The minimum absolute atomic E-state index is 0.140. The van der Waals surface area contributed by atoms with Crippen LogP contribution in [0.5, 0.6) is 28.7 Å². The molecule has 3 atom stereocenters. The molecule has 294 valence electrons. The third-order valence-corrected chi connectivity index (χ3v) is 15.2. The van der Waals surface area contributed by atoms with E-state index in [1.807, 2.05) is 152 Å². The van der Waals surface area contributed by atoms with Crippen LogP contribution in [0.15, 0.2) is 152 Å². The fourth-order valence-electron chi connectivity index (χ4n) is 6.48. The number of hydrogen-bond donors (Lipinski definition) is 1. The summed E-state index contributed by atoms with van der Waals surface area (Å²) in [4.78, 5) is 0. The van der Waals surface area contributed by atoms with Gasteiger partial charge in [0, 0.05) is 12.1 Å². The summed E-state index contributed by atoms with van der Waals surface area (Å²) >= 11 is 0. The molecule has 1 aliphatic rings. The molecular formula is C49H52O7Si. The van der Waals surface area contributed by atoms with Crippen LogP contribution < -0.4 is 23.7 Å². The van der Waals surface area contributed by atoms with Gasteiger partial charge in [-0.25, -0.2) is 0 Å². The second-order valence-electron chi connectivity index (χ2n) is 16.0. The second kappa shape index (κ2) is 17.7. The van der Waals surface area contributed by atoms with Gasteiger partial charge in [-0.15, -0.1) is 0 Å². The summed E-state index contributed by atoms with van der Waals surface area (Å²) in [6.07, 6.45) is -2.58. The fraction of sp³-hybridized carbons (Fsp3) is 0.265. The van der Waals surface area contributed by atoms with E-state index in [1.54, 1.807) is 0 Å². The van der Waals surface area contributed by atoms with Crippen LogP contribution in [-0.2, 0) is 30.9 Å². The molecule has 6 aromatic carbocycles. The maximum atomic E-state index is 12.6. The van der Waals surface area contributed by atoms with E-state index in [2.05, 4.69) is 33.9 Å². The molecule has 0 bridgehead atoms. The Balaban J connectivity index is 1.28. The molecule has 1 N–H and O–H groups in total. The quantitative estimate of drug-likeness (QED) is 0.104. The lowest BCUT2D eigenvalue weighted by Gasteiger charge is -2.45. The molecule has 0 saturated heterocycles. The molecule has 6 aromatic rings. The average molecular weight is 781 g/mol. The largest absolute Gasteiger partial charge is 0.489 e. The Labute approximate surface area is 337 Å². The molecule has 8 heteroatoms. The third kappa shape index (κ3) is 9.89. The summed E-state index contributed by atoms with van der Waals surface area (Å²) in [5, 5.41) is 12.4. The van der Waals surface area contributed by atoms with Crippen molar-refractivity contribution in [2.75, 3.05) is 0 Å². The number of benzene rings is 6. The number of aliphatic hydroxyl groups excluding tert-OH is 1. The SMILES string of the molecule is CC(C)(C)[Si](C)(C)OC1C(O)c2c(OCc3ccccc3)cc(OCc3ccccc3)cc2OC1c1ccc(OCc2ccccc2)c(OCc2ccccc2)c1. The number of rotatable bonds is 15. The van der Waals surface area contributed by atoms with Crippen LogP contribution in [0.3, 0.4) is 0 Å². The predicted molar refractivity (Wildman–Crippen MR) is 226 cm³/mol. The molecule has 0 amide bonds. The molecule has 7 rings (SSSR count). The van der Waals surface area contributed by atoms with Crippen molar-refractivity contribution in [2.24, 2.45) is 0 Å². The van der Waals surface area contributed by atoms with Crippen LogP contribution in [0.4, 0.5) is 0 Å². The maximum Gasteiger partial charge on any atom is 0.192 e. The molecule has 57 heavy (non-hydrogen) atoms. The van der Waals surface area contributed by atoms with E-state index in [0.717, 1.165) is 27.8 Å². The topological polar surface area (TPSA) is 75.6 Å². The first-order chi connectivity index (χ1) is 27.5. The Morgan fingerprint density at radius 2 is 1.00 bits per heavy atom. The molecule has 0 radical (unpaired) electrons. The Kier molecular flexibility index (Phi) is 12.3. The van der Waals surface area contributed by atoms with Gasteiger partial charge in [0.05, 0.1) is 5.56 Å². The Bertz CT molecular complexity index is 2190. The van der Waals surface area contributed by atoms with Crippen molar-refractivity contribution in [1.82, 2.24) is 0 Å². The summed E-state index contributed by atoms with van der Waals surface area (Å²) in [6, 6.07) is 49.6. The summed E-state index contributed by atoms with van der Waals surface area (Å²) < 4.78 is 39.9. The van der Waals surface area contributed by atoms with Crippen LogP contribution in [-0.4, -0.2) is 19.5 Å². The molecule has 7 nitrogen and oxygen atoms in total. The average Bonchev–Trinajstić information content (AvgIpc) is 3.22. The molecule has 3 unspecified atom stereocenters. The first-order valence-electron chi connectivity index (χ1n) is 19.6. The molecule has 0 fully saturated rings. The number of hydrogen-bond acceptors (Lipinski definition) is 7. The maximum absolute atomic E-state index is 12.6. The first-order valence-corrected chi connectivity index (χ1v) is 22.5. The van der Waals surface area contributed by atoms with Gasteiger partial charge in [-0.1, -0.05) is 148 Å². The van der Waals surface area contributed by atoms with Crippen LogP contribution in [0.1, 0.15) is 66.4 Å². The van der Waals surface area contributed by atoms with Gasteiger partial charge in [0.25, 0.3) is 0 Å². The van der Waals surface area contributed by atoms with Gasteiger partial charge in [0.1, 0.15) is 55.9 Å². The van der Waals surface area contributed by atoms with E-state index in [1.165, 1.54) is 0 Å². The molecule has 1 aliphatic heterocycles. The van der Waals surface area contributed by atoms with E-state index < -0.39 is 26.6 Å². The fourth-order valence-corrected chi connectivity index (χ4v) is 7.77. The lowest BCUT2D eigenvalue weighted by molar-refractivity contribution is -0.0635. The van der Waals surface area contributed by atoms with Crippen molar-refractivity contribution in [3.05, 3.63) is 185 Å². The molecule has 0 aliphatic carbocycles. The van der Waals surface area contributed by atoms with Crippen LogP contribution in [0.25, 0.3) is 0 Å². The Morgan fingerprint density at radius 1 is 0.544 bits per heavy atom. The summed E-state index contributed by atoms with van der Waals surface area (Å²) in [5.41, 5.74) is 5.41. The van der Waals surface area contributed by atoms with E-state index >= 15 is 0 Å². The summed E-state index contributed by atoms with van der Waals surface area (Å²) in [6.45, 7) is 12.3. The zero-order valence-corrected chi connectivity index (χ0v) is 34.4. The first kappa shape index (κ1) is 39.7. The van der Waals surface area contributed by atoms with E-state index in [4.69, 9.17) is 28.1 Å². The number of ether oxygens (including phenoxy) is 5. The van der Waals surface area contributed by atoms with Crippen molar-refractivity contribution in [3.63, 3.8) is 0 Å². The lowest BCUT2D eigenvalue weighted by atomic mass is 9.91. The monoisotopic (exact) mass is 780 g/mol. The highest BCUT2D eigenvalue weighted by Gasteiger charge is 2.48. The molecular weight excluding hydrogens is 729 g/mol. The van der Waals surface area contributed by atoms with Gasteiger partial charge in [0.2, 0.25) is 0 Å². The predicted octanol–water partition coefficient (Wildman–Crippen LogP) is 11.6. The van der Waals surface area contributed by atoms with Gasteiger partial charge in [-0.05, 0) is 58.1 Å². The molecule has 1 heterocycles. The minimum atomic E-state index is -2.48. The van der Waals surface area contributed by atoms with E-state index in [9.17, 15) is 5.11 Å². The zero-order chi connectivity index (χ0) is 39.8. The van der Waals surface area contributed by atoms with Gasteiger partial charge in [-0.2, -0.15) is 0 Å². The van der Waals surface area contributed by atoms with Crippen LogP contribution in [0, 0.1) is 0 Å². The summed E-state index contributed by atoms with van der Waals surface area (Å²) in [7, 11) is -2.48.